The lowest BCUT2D eigenvalue weighted by Gasteiger charge is -2.33. The van der Waals surface area contributed by atoms with Crippen LogP contribution in [0.15, 0.2) is 60.5 Å². The molecule has 0 spiro atoms. The molecular formula is C36H35F2N5O3S. The molecule has 0 fully saturated rings. The molecule has 11 heteroatoms. The summed E-state index contributed by atoms with van der Waals surface area (Å²) in [6, 6.07) is 12.0. The fourth-order valence-electron chi connectivity index (χ4n) is 6.66. The van der Waals surface area contributed by atoms with Gasteiger partial charge in [0.15, 0.2) is 0 Å². The summed E-state index contributed by atoms with van der Waals surface area (Å²) < 4.78 is 39.2. The number of aromatic nitrogens is 3. The molecule has 242 valence electrons. The highest BCUT2D eigenvalue weighted by Gasteiger charge is 2.31. The Hall–Kier alpha value is -4.45. The maximum atomic E-state index is 16.1. The zero-order chi connectivity index (χ0) is 33.0. The van der Waals surface area contributed by atoms with Crippen LogP contribution in [0.25, 0.3) is 43.9 Å². The Morgan fingerprint density at radius 2 is 1.96 bits per heavy atom. The lowest BCUT2D eigenvalue weighted by molar-refractivity contribution is -0.129. The van der Waals surface area contributed by atoms with Crippen LogP contribution in [0, 0.1) is 11.6 Å². The van der Waals surface area contributed by atoms with Gasteiger partial charge in [-0.1, -0.05) is 18.7 Å². The number of aliphatic hydroxyl groups is 1. The average Bonchev–Trinajstić information content (AvgIpc) is 3.71. The Kier molecular flexibility index (Phi) is 8.15. The number of carbonyl (C=O) groups is 1. The maximum Gasteiger partial charge on any atom is 0.246 e. The second-order valence-electron chi connectivity index (χ2n) is 12.3. The van der Waals surface area contributed by atoms with Crippen LogP contribution < -0.4 is 4.74 Å². The summed E-state index contributed by atoms with van der Waals surface area (Å²) in [6.07, 6.45) is 1.37. The summed E-state index contributed by atoms with van der Waals surface area (Å²) in [5, 5.41) is 17.7. The van der Waals surface area contributed by atoms with Crippen molar-refractivity contribution in [3.8, 4) is 39.5 Å². The highest BCUT2D eigenvalue weighted by Crippen LogP contribution is 2.47. The van der Waals surface area contributed by atoms with E-state index in [0.29, 0.717) is 30.0 Å². The summed E-state index contributed by atoms with van der Waals surface area (Å²) in [6.45, 7) is 9.75. The molecule has 7 rings (SSSR count). The Balaban J connectivity index is 1.48. The van der Waals surface area contributed by atoms with Crippen molar-refractivity contribution in [1.29, 1.82) is 0 Å². The minimum absolute atomic E-state index is 0.0353. The first-order valence-electron chi connectivity index (χ1n) is 15.7. The van der Waals surface area contributed by atoms with Crippen molar-refractivity contribution in [3.05, 3.63) is 89.0 Å². The van der Waals surface area contributed by atoms with E-state index in [2.05, 4.69) is 36.7 Å². The van der Waals surface area contributed by atoms with Gasteiger partial charge in [0.05, 0.1) is 35.6 Å². The number of thiophene rings is 1. The molecule has 5 aromatic rings. The van der Waals surface area contributed by atoms with Crippen molar-refractivity contribution >= 4 is 27.3 Å². The number of halogens is 2. The largest absolute Gasteiger partial charge is 0.490 e. The van der Waals surface area contributed by atoms with Crippen LogP contribution in [0.4, 0.5) is 8.78 Å². The van der Waals surface area contributed by atoms with Gasteiger partial charge >= 0.3 is 0 Å². The molecule has 5 heterocycles. The van der Waals surface area contributed by atoms with Crippen molar-refractivity contribution in [1.82, 2.24) is 24.6 Å². The van der Waals surface area contributed by atoms with Gasteiger partial charge in [0.1, 0.15) is 35.4 Å². The summed E-state index contributed by atoms with van der Waals surface area (Å²) in [5.74, 6) is -1.81. The second kappa shape index (κ2) is 12.3. The van der Waals surface area contributed by atoms with Crippen LogP contribution in [0.2, 0.25) is 0 Å². The number of hydrogen-bond acceptors (Lipinski definition) is 7. The van der Waals surface area contributed by atoms with Crippen molar-refractivity contribution in [2.45, 2.75) is 45.5 Å². The highest BCUT2D eigenvalue weighted by molar-refractivity contribution is 7.18. The molecule has 2 aromatic carbocycles. The molecule has 2 unspecified atom stereocenters. The van der Waals surface area contributed by atoms with Crippen LogP contribution >= 0.6 is 11.3 Å². The summed E-state index contributed by atoms with van der Waals surface area (Å²) >= 11 is 1.43. The smallest absolute Gasteiger partial charge is 0.246 e. The van der Waals surface area contributed by atoms with Gasteiger partial charge < -0.3 is 19.6 Å². The molecule has 0 saturated carbocycles. The molecule has 8 nitrogen and oxygen atoms in total. The predicted octanol–water partition coefficient (Wildman–Crippen LogP) is 6.61. The zero-order valence-corrected chi connectivity index (χ0v) is 27.3. The Bertz CT molecular complexity index is 2040. The number of benzene rings is 2. The number of nitrogens with zero attached hydrogens (tertiary/aromatic N) is 5. The molecule has 3 aromatic heterocycles. The first-order valence-corrected chi connectivity index (χ1v) is 16.5. The Morgan fingerprint density at radius 1 is 1.13 bits per heavy atom. The van der Waals surface area contributed by atoms with Gasteiger partial charge in [-0.2, -0.15) is 5.10 Å². The summed E-state index contributed by atoms with van der Waals surface area (Å²) in [7, 11) is 2.12. The molecule has 0 radical (unpaired) electrons. The van der Waals surface area contributed by atoms with Gasteiger partial charge in [-0.3, -0.25) is 9.48 Å². The van der Waals surface area contributed by atoms with E-state index in [1.54, 1.807) is 11.8 Å². The quantitative estimate of drug-likeness (QED) is 0.199. The monoisotopic (exact) mass is 655 g/mol. The third-order valence-corrected chi connectivity index (χ3v) is 9.93. The van der Waals surface area contributed by atoms with Crippen molar-refractivity contribution in [3.63, 3.8) is 0 Å². The number of ether oxygens (including phenoxy) is 1. The molecule has 2 aliphatic heterocycles. The minimum atomic E-state index is -0.859. The van der Waals surface area contributed by atoms with E-state index in [-0.39, 0.29) is 29.9 Å². The minimum Gasteiger partial charge on any atom is -0.490 e. The number of amides is 1. The fourth-order valence-corrected chi connectivity index (χ4v) is 7.61. The van der Waals surface area contributed by atoms with E-state index >= 15 is 4.39 Å². The first kappa shape index (κ1) is 31.2. The van der Waals surface area contributed by atoms with Crippen LogP contribution in [0.5, 0.6) is 5.75 Å². The van der Waals surface area contributed by atoms with Crippen LogP contribution in [0.1, 0.15) is 36.7 Å². The van der Waals surface area contributed by atoms with E-state index in [9.17, 15) is 14.3 Å². The van der Waals surface area contributed by atoms with Gasteiger partial charge in [0.25, 0.3) is 0 Å². The van der Waals surface area contributed by atoms with Gasteiger partial charge in [0, 0.05) is 53.0 Å². The molecule has 1 N–H and O–H groups in total. The SMILES string of the molecule is C=CC(=O)N1CCn2nc(-c3nc(-c4ccc5c(c4)CCN(C)C5)c4ccsc4c3-c3c(F)cc(F)cc3OCC(C)O)cc2C1C. The molecule has 1 amide bonds. The number of fused-ring (bicyclic) bond motifs is 3. The van der Waals surface area contributed by atoms with Gasteiger partial charge in [-0.05, 0) is 68.1 Å². The van der Waals surface area contributed by atoms with Crippen molar-refractivity contribution < 1.29 is 23.4 Å². The zero-order valence-electron chi connectivity index (χ0n) is 26.5. The first-order chi connectivity index (χ1) is 22.6. The third kappa shape index (κ3) is 5.62. The highest BCUT2D eigenvalue weighted by atomic mass is 32.1. The standard InChI is InChI=1S/C36H35F2N5O3S/c1-5-31(45)42-11-12-43-29(21(42)3)17-28(40-43)35-33(32-27(38)15-25(37)16-30(32)46-19-20(2)44)36-26(9-13-47-36)34(39-35)23-6-7-24-18-41(4)10-8-22(24)14-23/h5-7,9,13-17,20-21,44H,1,8,10-12,18-19H2,2-4H3. The van der Waals surface area contributed by atoms with E-state index in [0.717, 1.165) is 58.7 Å². The topological polar surface area (TPSA) is 83.7 Å². The van der Waals surface area contributed by atoms with E-state index in [4.69, 9.17) is 14.8 Å². The molecular weight excluding hydrogens is 620 g/mol. The van der Waals surface area contributed by atoms with Crippen LogP contribution in [-0.2, 0) is 24.3 Å². The van der Waals surface area contributed by atoms with Crippen LogP contribution in [0.3, 0.4) is 0 Å². The molecule has 0 aliphatic carbocycles. The van der Waals surface area contributed by atoms with E-state index in [1.807, 2.05) is 29.1 Å². The number of rotatable bonds is 7. The number of aliphatic hydroxyl groups excluding tert-OH is 1. The van der Waals surface area contributed by atoms with Crippen molar-refractivity contribution in [2.75, 3.05) is 26.7 Å². The second-order valence-corrected chi connectivity index (χ2v) is 13.2. The van der Waals surface area contributed by atoms with E-state index < -0.39 is 17.7 Å². The normalized spacial score (nSPS) is 17.0. The Labute approximate surface area is 275 Å². The molecule has 47 heavy (non-hydrogen) atoms. The number of likely N-dealkylation sites (N-methyl/N-ethyl adjacent to an activating group) is 1. The van der Waals surface area contributed by atoms with Crippen molar-refractivity contribution in [2.24, 2.45) is 0 Å². The molecule has 2 atom stereocenters. The van der Waals surface area contributed by atoms with Crippen LogP contribution in [-0.4, -0.2) is 68.4 Å². The number of pyridine rings is 1. The predicted molar refractivity (Wildman–Crippen MR) is 179 cm³/mol. The molecule has 0 saturated heterocycles. The average molecular weight is 656 g/mol. The molecule has 0 bridgehead atoms. The number of hydrogen-bond donors (Lipinski definition) is 1. The lowest BCUT2D eigenvalue weighted by Crippen LogP contribution is -2.40. The third-order valence-electron chi connectivity index (χ3n) is 9.00. The maximum absolute atomic E-state index is 16.1. The number of carbonyl (C=O) groups excluding carboxylic acids is 1. The summed E-state index contributed by atoms with van der Waals surface area (Å²) in [5.41, 5.74) is 6.42. The lowest BCUT2D eigenvalue weighted by atomic mass is 9.93. The Morgan fingerprint density at radius 3 is 2.74 bits per heavy atom. The van der Waals surface area contributed by atoms with Gasteiger partial charge in [-0.25, -0.2) is 13.8 Å². The van der Waals surface area contributed by atoms with Gasteiger partial charge in [0.2, 0.25) is 5.91 Å². The van der Waals surface area contributed by atoms with Gasteiger partial charge in [-0.15, -0.1) is 11.3 Å². The summed E-state index contributed by atoms with van der Waals surface area (Å²) in [4.78, 5) is 21.9. The fraction of sp³-hybridized carbons (Fsp3) is 0.306. The van der Waals surface area contributed by atoms with E-state index in [1.165, 1.54) is 28.5 Å². The molecule has 2 aliphatic rings.